The van der Waals surface area contributed by atoms with Crippen LogP contribution < -0.4 is 10.6 Å². The number of aliphatic carboxylic acids is 1. The van der Waals surface area contributed by atoms with Gasteiger partial charge in [-0.3, -0.25) is 14.4 Å². The first kappa shape index (κ1) is 34.3. The van der Waals surface area contributed by atoms with Crippen LogP contribution in [0.4, 0.5) is 11.4 Å². The lowest BCUT2D eigenvalue weighted by Gasteiger charge is -2.12. The van der Waals surface area contributed by atoms with Gasteiger partial charge in [-0.05, 0) is 83.3 Å². The van der Waals surface area contributed by atoms with E-state index < -0.39 is 11.9 Å². The minimum Gasteiger partial charge on any atom is -0.481 e. The minimum atomic E-state index is -1.05. The molecule has 9 heteroatoms. The van der Waals surface area contributed by atoms with Crippen LogP contribution in [0.25, 0.3) is 11.1 Å². The van der Waals surface area contributed by atoms with Crippen LogP contribution in [0, 0.1) is 11.3 Å². The number of benzene rings is 5. The van der Waals surface area contributed by atoms with Crippen molar-refractivity contribution in [2.45, 2.75) is 26.2 Å². The van der Waals surface area contributed by atoms with Crippen LogP contribution in [-0.2, 0) is 17.6 Å². The Morgan fingerprint density at radius 2 is 1.10 bits per heavy atom. The third-order valence-electron chi connectivity index (χ3n) is 7.25. The molecule has 0 unspecified atom stereocenters. The lowest BCUT2D eigenvalue weighted by atomic mass is 9.95. The summed E-state index contributed by atoms with van der Waals surface area (Å²) in [6, 6.07) is 36.4. The Morgan fingerprint density at radius 3 is 1.65 bits per heavy atom. The predicted molar refractivity (Wildman–Crippen MR) is 184 cm³/mol. The first-order valence-electron chi connectivity index (χ1n) is 15.1. The van der Waals surface area contributed by atoms with Crippen molar-refractivity contribution in [3.63, 3.8) is 0 Å². The number of nitrogens with one attached hydrogen (secondary N) is 2. The Labute approximate surface area is 278 Å². The minimum absolute atomic E-state index is 0.131. The van der Waals surface area contributed by atoms with E-state index in [1.807, 2.05) is 30.3 Å². The normalized spacial score (nSPS) is 10.1. The number of carbonyl (C=O) groups is 4. The fraction of sp³-hybridized carbons (Fsp3) is 0.103. The maximum Gasteiger partial charge on any atom is 0.336 e. The van der Waals surface area contributed by atoms with Gasteiger partial charge >= 0.3 is 11.9 Å². The molecule has 9 nitrogen and oxygen atoms in total. The number of aryl methyl sites for hydroxylation is 1. The molecule has 48 heavy (non-hydrogen) atoms. The van der Waals surface area contributed by atoms with E-state index in [4.69, 9.17) is 10.4 Å². The standard InChI is InChI=1S/C21H14N2O3.C18H19NO3/c22-13-14-9-11-15(12-10-14)23-20(24)18-7-3-1-5-16(18)17-6-2-4-8-19(17)21(25)26;1-2-5-13-8-10-15(11-9-13)19-18(22)16-7-4-3-6-14(16)12-17(20)21/h1-12H,(H,23,24)(H,25,26);3-4,6-11H,2,5,12H2,1H3,(H,19,22)(H,20,21). The van der Waals surface area contributed by atoms with Gasteiger partial charge in [0.25, 0.3) is 11.8 Å². The zero-order chi connectivity index (χ0) is 34.5. The summed E-state index contributed by atoms with van der Waals surface area (Å²) < 4.78 is 0. The molecule has 0 saturated carbocycles. The second-order valence-electron chi connectivity index (χ2n) is 10.7. The molecule has 0 spiro atoms. The average molecular weight is 640 g/mol. The van der Waals surface area contributed by atoms with E-state index in [0.717, 1.165) is 12.8 Å². The largest absolute Gasteiger partial charge is 0.481 e. The smallest absolute Gasteiger partial charge is 0.336 e. The molecular formula is C39H33N3O6. The molecule has 5 aromatic carbocycles. The quantitative estimate of drug-likeness (QED) is 0.122. The fourth-order valence-electron chi connectivity index (χ4n) is 4.95. The van der Waals surface area contributed by atoms with E-state index in [0.29, 0.717) is 44.8 Å². The molecule has 0 bridgehead atoms. The number of carbonyl (C=O) groups excluding carboxylic acids is 2. The van der Waals surface area contributed by atoms with Crippen LogP contribution in [0.3, 0.4) is 0 Å². The number of nitrogens with zero attached hydrogens (tertiary/aromatic N) is 1. The number of anilines is 2. The topological polar surface area (TPSA) is 157 Å². The number of nitriles is 1. The van der Waals surface area contributed by atoms with Crippen LogP contribution in [0.2, 0.25) is 0 Å². The number of rotatable bonds is 10. The van der Waals surface area contributed by atoms with Crippen LogP contribution in [0.1, 0.15) is 61.1 Å². The molecule has 0 radical (unpaired) electrons. The molecular weight excluding hydrogens is 606 g/mol. The Bertz CT molecular complexity index is 1960. The molecule has 5 aromatic rings. The Kier molecular flexibility index (Phi) is 11.9. The van der Waals surface area contributed by atoms with Gasteiger partial charge < -0.3 is 20.8 Å². The molecule has 0 fully saturated rings. The average Bonchev–Trinajstić information content (AvgIpc) is 3.10. The van der Waals surface area contributed by atoms with Crippen LogP contribution in [-0.4, -0.2) is 34.0 Å². The molecule has 4 N–H and O–H groups in total. The van der Waals surface area contributed by atoms with Crippen molar-refractivity contribution in [2.75, 3.05) is 10.6 Å². The highest BCUT2D eigenvalue weighted by atomic mass is 16.4. The summed E-state index contributed by atoms with van der Waals surface area (Å²) in [6.45, 7) is 2.12. The van der Waals surface area contributed by atoms with Crippen molar-refractivity contribution in [1.82, 2.24) is 0 Å². The van der Waals surface area contributed by atoms with Gasteiger partial charge in [-0.15, -0.1) is 0 Å². The first-order chi connectivity index (χ1) is 23.2. The molecule has 0 atom stereocenters. The van der Waals surface area contributed by atoms with Crippen molar-refractivity contribution < 1.29 is 29.4 Å². The van der Waals surface area contributed by atoms with Crippen molar-refractivity contribution in [1.29, 1.82) is 5.26 Å². The van der Waals surface area contributed by atoms with E-state index in [2.05, 4.69) is 17.6 Å². The SMILES string of the molecule is CCCc1ccc(NC(=O)c2ccccc2CC(=O)O)cc1.N#Cc1ccc(NC(=O)c2ccccc2-c2ccccc2C(=O)O)cc1. The molecule has 0 aromatic heterocycles. The summed E-state index contributed by atoms with van der Waals surface area (Å²) in [7, 11) is 0. The second kappa shape index (κ2) is 16.7. The van der Waals surface area contributed by atoms with Gasteiger partial charge in [-0.2, -0.15) is 5.26 Å². The maximum absolute atomic E-state index is 12.7. The van der Waals surface area contributed by atoms with Gasteiger partial charge in [-0.1, -0.05) is 80.1 Å². The highest BCUT2D eigenvalue weighted by Crippen LogP contribution is 2.28. The monoisotopic (exact) mass is 639 g/mol. The number of carboxylic acid groups (broad SMARTS) is 2. The van der Waals surface area contributed by atoms with E-state index in [1.165, 1.54) is 11.6 Å². The van der Waals surface area contributed by atoms with E-state index >= 15 is 0 Å². The Hall–Kier alpha value is -6.53. The van der Waals surface area contributed by atoms with Crippen molar-refractivity contribution in [2.24, 2.45) is 0 Å². The second-order valence-corrected chi connectivity index (χ2v) is 10.7. The summed E-state index contributed by atoms with van der Waals surface area (Å²) in [4.78, 5) is 47.4. The predicted octanol–water partition coefficient (Wildman–Crippen LogP) is 7.69. The summed E-state index contributed by atoms with van der Waals surface area (Å²) in [5.41, 5.74) is 5.40. The maximum atomic E-state index is 12.7. The highest BCUT2D eigenvalue weighted by molar-refractivity contribution is 6.10. The van der Waals surface area contributed by atoms with E-state index in [-0.39, 0.29) is 23.8 Å². The molecule has 0 aliphatic rings. The molecule has 0 saturated heterocycles. The van der Waals surface area contributed by atoms with Crippen LogP contribution >= 0.6 is 0 Å². The summed E-state index contributed by atoms with van der Waals surface area (Å²) in [5, 5.41) is 32.7. The molecule has 2 amide bonds. The summed E-state index contributed by atoms with van der Waals surface area (Å²) >= 11 is 0. The summed E-state index contributed by atoms with van der Waals surface area (Å²) in [5.74, 6) is -2.65. The van der Waals surface area contributed by atoms with Crippen molar-refractivity contribution in [3.05, 3.63) is 155 Å². The molecule has 0 aliphatic heterocycles. The Balaban J connectivity index is 0.000000220. The fourth-order valence-corrected chi connectivity index (χ4v) is 4.95. The van der Waals surface area contributed by atoms with Gasteiger partial charge in [0.05, 0.1) is 23.6 Å². The summed E-state index contributed by atoms with van der Waals surface area (Å²) in [6.07, 6.45) is 1.92. The molecule has 0 heterocycles. The third-order valence-corrected chi connectivity index (χ3v) is 7.25. The highest BCUT2D eigenvalue weighted by Gasteiger charge is 2.18. The number of hydrogen-bond donors (Lipinski definition) is 4. The molecule has 240 valence electrons. The lowest BCUT2D eigenvalue weighted by molar-refractivity contribution is -0.136. The van der Waals surface area contributed by atoms with Gasteiger partial charge in [0, 0.05) is 22.5 Å². The Morgan fingerprint density at radius 1 is 0.625 bits per heavy atom. The van der Waals surface area contributed by atoms with Crippen LogP contribution in [0.15, 0.2) is 121 Å². The van der Waals surface area contributed by atoms with Gasteiger partial charge in [0.2, 0.25) is 0 Å². The number of aromatic carboxylic acids is 1. The molecule has 0 aliphatic carbocycles. The van der Waals surface area contributed by atoms with E-state index in [9.17, 15) is 24.3 Å². The number of amides is 2. The van der Waals surface area contributed by atoms with Gasteiger partial charge in [-0.25, -0.2) is 4.79 Å². The van der Waals surface area contributed by atoms with Crippen LogP contribution in [0.5, 0.6) is 0 Å². The number of carboxylic acids is 2. The molecule has 5 rings (SSSR count). The van der Waals surface area contributed by atoms with E-state index in [1.54, 1.807) is 91.0 Å². The zero-order valence-electron chi connectivity index (χ0n) is 26.1. The lowest BCUT2D eigenvalue weighted by Crippen LogP contribution is -2.15. The van der Waals surface area contributed by atoms with Crippen molar-refractivity contribution in [3.8, 4) is 17.2 Å². The third kappa shape index (κ3) is 9.25. The first-order valence-corrected chi connectivity index (χ1v) is 15.1. The van der Waals surface area contributed by atoms with Crippen molar-refractivity contribution >= 4 is 35.1 Å². The van der Waals surface area contributed by atoms with Gasteiger partial charge in [0.1, 0.15) is 0 Å². The number of hydrogen-bond acceptors (Lipinski definition) is 5. The van der Waals surface area contributed by atoms with Gasteiger partial charge in [0.15, 0.2) is 0 Å². The zero-order valence-corrected chi connectivity index (χ0v) is 26.1.